The highest BCUT2D eigenvalue weighted by molar-refractivity contribution is 7.89. The van der Waals surface area contributed by atoms with Crippen LogP contribution in [0, 0.1) is 6.92 Å². The van der Waals surface area contributed by atoms with Crippen molar-refractivity contribution < 1.29 is 17.9 Å². The quantitative estimate of drug-likeness (QED) is 0.750. The Labute approximate surface area is 176 Å². The average Bonchev–Trinajstić information content (AvgIpc) is 2.98. The number of anilines is 1. The molecule has 3 rings (SSSR count). The molecule has 6 nitrogen and oxygen atoms in total. The molecule has 1 aliphatic heterocycles. The minimum atomic E-state index is -3.66. The molecule has 0 radical (unpaired) electrons. The number of carbonyl (C=O) groups is 1. The molecule has 0 unspecified atom stereocenters. The van der Waals surface area contributed by atoms with Crippen molar-refractivity contribution in [2.75, 3.05) is 25.5 Å². The second-order valence-corrected chi connectivity index (χ2v) is 9.44. The van der Waals surface area contributed by atoms with Crippen molar-refractivity contribution in [1.29, 1.82) is 0 Å². The number of aryl methyl sites for hydroxylation is 1. The summed E-state index contributed by atoms with van der Waals surface area (Å²) in [6.07, 6.45) is 3.78. The number of hydrogen-bond donors (Lipinski definition) is 1. The molecule has 1 N–H and O–H groups in total. The van der Waals surface area contributed by atoms with Gasteiger partial charge < -0.3 is 10.1 Å². The van der Waals surface area contributed by atoms with Crippen LogP contribution < -0.4 is 10.1 Å². The average molecular weight is 437 g/mol. The molecule has 0 bridgehead atoms. The van der Waals surface area contributed by atoms with Crippen LogP contribution in [-0.4, -0.2) is 38.8 Å². The van der Waals surface area contributed by atoms with Crippen LogP contribution >= 0.6 is 11.6 Å². The van der Waals surface area contributed by atoms with E-state index in [0.717, 1.165) is 25.7 Å². The van der Waals surface area contributed by atoms with E-state index in [-0.39, 0.29) is 10.5 Å². The fourth-order valence-corrected chi connectivity index (χ4v) is 5.35. The highest BCUT2D eigenvalue weighted by atomic mass is 35.5. The summed E-state index contributed by atoms with van der Waals surface area (Å²) in [5, 5.41) is 3.20. The van der Waals surface area contributed by atoms with Gasteiger partial charge in [-0.2, -0.15) is 4.31 Å². The molecule has 29 heavy (non-hydrogen) atoms. The van der Waals surface area contributed by atoms with Gasteiger partial charge in [-0.3, -0.25) is 4.79 Å². The Hall–Kier alpha value is -2.09. The Morgan fingerprint density at radius 3 is 2.41 bits per heavy atom. The van der Waals surface area contributed by atoms with Crippen LogP contribution in [0.2, 0.25) is 5.02 Å². The number of rotatable bonds is 5. The minimum Gasteiger partial charge on any atom is -0.495 e. The predicted octanol–water partition coefficient (Wildman–Crippen LogP) is 4.47. The van der Waals surface area contributed by atoms with Gasteiger partial charge in [0.1, 0.15) is 5.75 Å². The van der Waals surface area contributed by atoms with Crippen molar-refractivity contribution in [3.63, 3.8) is 0 Å². The van der Waals surface area contributed by atoms with Crippen molar-refractivity contribution in [3.05, 3.63) is 52.5 Å². The van der Waals surface area contributed by atoms with E-state index in [9.17, 15) is 13.2 Å². The number of ether oxygens (including phenoxy) is 1. The summed E-state index contributed by atoms with van der Waals surface area (Å²) in [5.74, 6) is 0.0326. The Balaban J connectivity index is 1.90. The number of sulfonamides is 1. The number of carbonyl (C=O) groups excluding carboxylic acids is 1. The third kappa shape index (κ3) is 4.91. The normalized spacial score (nSPS) is 15.6. The molecule has 0 spiro atoms. The van der Waals surface area contributed by atoms with Crippen LogP contribution in [0.3, 0.4) is 0 Å². The molecule has 1 heterocycles. The van der Waals surface area contributed by atoms with Crippen molar-refractivity contribution in [2.45, 2.75) is 37.5 Å². The lowest BCUT2D eigenvalue weighted by molar-refractivity contribution is 0.102. The fraction of sp³-hybridized carbons (Fsp3) is 0.381. The van der Waals surface area contributed by atoms with Crippen molar-refractivity contribution in [3.8, 4) is 5.75 Å². The van der Waals surface area contributed by atoms with Crippen LogP contribution in [-0.2, 0) is 10.0 Å². The smallest absolute Gasteiger partial charge is 0.255 e. The molecular formula is C21H25ClN2O4S. The molecule has 0 aromatic heterocycles. The van der Waals surface area contributed by atoms with Gasteiger partial charge in [0, 0.05) is 23.7 Å². The minimum absolute atomic E-state index is 0.171. The first-order chi connectivity index (χ1) is 13.8. The van der Waals surface area contributed by atoms with E-state index in [4.69, 9.17) is 16.3 Å². The molecule has 0 saturated carbocycles. The molecule has 0 aliphatic carbocycles. The Morgan fingerprint density at radius 2 is 1.76 bits per heavy atom. The van der Waals surface area contributed by atoms with Crippen LogP contribution in [0.15, 0.2) is 41.3 Å². The van der Waals surface area contributed by atoms with E-state index in [1.54, 1.807) is 37.3 Å². The first-order valence-electron chi connectivity index (χ1n) is 9.58. The summed E-state index contributed by atoms with van der Waals surface area (Å²) in [4.78, 5) is 13.0. The zero-order chi connectivity index (χ0) is 21.0. The third-order valence-electron chi connectivity index (χ3n) is 5.04. The lowest BCUT2D eigenvalue weighted by atomic mass is 10.1. The van der Waals surface area contributed by atoms with E-state index in [2.05, 4.69) is 5.32 Å². The number of benzene rings is 2. The SMILES string of the molecule is COc1ccc(Cl)cc1NC(=O)c1ccc(C)c(S(=O)(=O)N2CCCCCC2)c1. The second-order valence-electron chi connectivity index (χ2n) is 7.10. The predicted molar refractivity (Wildman–Crippen MR) is 114 cm³/mol. The molecule has 1 amide bonds. The van der Waals surface area contributed by atoms with Crippen LogP contribution in [0.4, 0.5) is 5.69 Å². The van der Waals surface area contributed by atoms with Crippen molar-refractivity contribution in [2.24, 2.45) is 0 Å². The summed E-state index contributed by atoms with van der Waals surface area (Å²) in [6, 6.07) is 9.62. The summed E-state index contributed by atoms with van der Waals surface area (Å²) >= 11 is 6.02. The standard InChI is InChI=1S/C21H25ClN2O4S/c1-15-7-8-16(21(25)23-18-14-17(22)9-10-19(18)28-2)13-20(15)29(26,27)24-11-5-3-4-6-12-24/h7-10,13-14H,3-6,11-12H2,1-2H3,(H,23,25). The summed E-state index contributed by atoms with van der Waals surface area (Å²) in [6.45, 7) is 2.77. The third-order valence-corrected chi connectivity index (χ3v) is 7.32. The number of nitrogens with zero attached hydrogens (tertiary/aromatic N) is 1. The van der Waals surface area contributed by atoms with E-state index in [0.29, 0.717) is 35.1 Å². The van der Waals surface area contributed by atoms with Gasteiger partial charge in [-0.05, 0) is 55.7 Å². The number of nitrogens with one attached hydrogen (secondary N) is 1. The topological polar surface area (TPSA) is 75.7 Å². The summed E-state index contributed by atoms with van der Waals surface area (Å²) in [5.41, 5.74) is 1.29. The maximum atomic E-state index is 13.2. The fourth-order valence-electron chi connectivity index (χ4n) is 3.41. The maximum absolute atomic E-state index is 13.2. The Bertz CT molecular complexity index is 1000. The number of halogens is 1. The molecule has 156 valence electrons. The molecule has 1 saturated heterocycles. The van der Waals surface area contributed by atoms with Gasteiger partial charge in [-0.1, -0.05) is 30.5 Å². The van der Waals surface area contributed by atoms with Crippen molar-refractivity contribution in [1.82, 2.24) is 4.31 Å². The lowest BCUT2D eigenvalue weighted by Crippen LogP contribution is -2.32. The van der Waals surface area contributed by atoms with E-state index in [1.807, 2.05) is 0 Å². The van der Waals surface area contributed by atoms with Crippen LogP contribution in [0.1, 0.15) is 41.6 Å². The zero-order valence-corrected chi connectivity index (χ0v) is 18.1. The largest absolute Gasteiger partial charge is 0.495 e. The van der Waals surface area contributed by atoms with Gasteiger partial charge >= 0.3 is 0 Å². The molecule has 2 aromatic rings. The molecule has 0 atom stereocenters. The second kappa shape index (κ2) is 9.15. The number of amides is 1. The van der Waals surface area contributed by atoms with Gasteiger partial charge in [-0.15, -0.1) is 0 Å². The van der Waals surface area contributed by atoms with E-state index < -0.39 is 15.9 Å². The highest BCUT2D eigenvalue weighted by Crippen LogP contribution is 2.29. The maximum Gasteiger partial charge on any atom is 0.255 e. The molecule has 1 fully saturated rings. The summed E-state index contributed by atoms with van der Waals surface area (Å²) in [7, 11) is -2.16. The highest BCUT2D eigenvalue weighted by Gasteiger charge is 2.27. The monoisotopic (exact) mass is 436 g/mol. The van der Waals surface area contributed by atoms with Gasteiger partial charge in [0.05, 0.1) is 17.7 Å². The molecule has 1 aliphatic rings. The zero-order valence-electron chi connectivity index (χ0n) is 16.6. The number of methoxy groups -OCH3 is 1. The Kier molecular flexibility index (Phi) is 6.82. The number of hydrogen-bond acceptors (Lipinski definition) is 4. The first-order valence-corrected chi connectivity index (χ1v) is 11.4. The van der Waals surface area contributed by atoms with Gasteiger partial charge in [0.15, 0.2) is 0 Å². The molecular weight excluding hydrogens is 412 g/mol. The van der Waals surface area contributed by atoms with E-state index >= 15 is 0 Å². The molecule has 2 aromatic carbocycles. The van der Waals surface area contributed by atoms with Gasteiger partial charge in [0.25, 0.3) is 5.91 Å². The molecule has 8 heteroatoms. The van der Waals surface area contributed by atoms with Crippen LogP contribution in [0.25, 0.3) is 0 Å². The van der Waals surface area contributed by atoms with Gasteiger partial charge in [0.2, 0.25) is 10.0 Å². The lowest BCUT2D eigenvalue weighted by Gasteiger charge is -2.21. The van der Waals surface area contributed by atoms with Gasteiger partial charge in [-0.25, -0.2) is 8.42 Å². The summed E-state index contributed by atoms with van der Waals surface area (Å²) < 4.78 is 33.2. The van der Waals surface area contributed by atoms with Crippen molar-refractivity contribution >= 4 is 33.2 Å². The first kappa shape index (κ1) is 21.6. The van der Waals surface area contributed by atoms with E-state index in [1.165, 1.54) is 17.5 Å². The Morgan fingerprint density at radius 1 is 1.07 bits per heavy atom. The van der Waals surface area contributed by atoms with Crippen LogP contribution in [0.5, 0.6) is 5.75 Å².